The quantitative estimate of drug-likeness (QED) is 0.592. The second kappa shape index (κ2) is 9.25. The van der Waals surface area contributed by atoms with Gasteiger partial charge in [-0.1, -0.05) is 26.8 Å². The van der Waals surface area contributed by atoms with Crippen LogP contribution in [0.5, 0.6) is 0 Å². The highest BCUT2D eigenvalue weighted by Gasteiger charge is 2.24. The van der Waals surface area contributed by atoms with Crippen molar-refractivity contribution in [2.75, 3.05) is 41.3 Å². The van der Waals surface area contributed by atoms with Crippen molar-refractivity contribution < 1.29 is 4.74 Å². The van der Waals surface area contributed by atoms with Crippen LogP contribution in [0.25, 0.3) is 0 Å². The van der Waals surface area contributed by atoms with Crippen LogP contribution in [0, 0.1) is 5.41 Å². The number of nitrogens with zero attached hydrogens (tertiary/aromatic N) is 2. The van der Waals surface area contributed by atoms with Crippen molar-refractivity contribution in [2.24, 2.45) is 10.4 Å². The van der Waals surface area contributed by atoms with Crippen molar-refractivity contribution in [2.45, 2.75) is 32.9 Å². The number of hydrogen-bond acceptors (Lipinski definition) is 4. The van der Waals surface area contributed by atoms with Gasteiger partial charge in [0.1, 0.15) is 0 Å². The second-order valence-corrected chi connectivity index (χ2v) is 7.90. The molecule has 5 nitrogen and oxygen atoms in total. The van der Waals surface area contributed by atoms with Crippen LogP contribution < -0.4 is 10.6 Å². The Hall–Kier alpha value is -1.11. The molecule has 0 aromatic carbocycles. The molecule has 0 bridgehead atoms. The summed E-state index contributed by atoms with van der Waals surface area (Å²) in [5.41, 5.74) is 0.0870. The molecule has 1 aromatic rings. The topological polar surface area (TPSA) is 48.9 Å². The van der Waals surface area contributed by atoms with Gasteiger partial charge in [0.25, 0.3) is 0 Å². The molecular weight excluding hydrogens is 308 g/mol. The Balaban J connectivity index is 2.56. The van der Waals surface area contributed by atoms with Gasteiger partial charge in [0.2, 0.25) is 0 Å². The van der Waals surface area contributed by atoms with Crippen LogP contribution >= 0.6 is 11.3 Å². The Morgan fingerprint density at radius 3 is 2.39 bits per heavy atom. The van der Waals surface area contributed by atoms with Crippen LogP contribution in [0.1, 0.15) is 31.7 Å². The van der Waals surface area contributed by atoms with Crippen molar-refractivity contribution in [1.29, 1.82) is 0 Å². The number of nitrogens with one attached hydrogen (secondary N) is 2. The van der Waals surface area contributed by atoms with Crippen LogP contribution in [0.2, 0.25) is 0 Å². The molecule has 1 aromatic heterocycles. The summed E-state index contributed by atoms with van der Waals surface area (Å²) in [5.74, 6) is 0.805. The van der Waals surface area contributed by atoms with Crippen molar-refractivity contribution in [3.63, 3.8) is 0 Å². The molecular formula is C17H32N4OS. The number of likely N-dealkylation sites (N-methyl/N-ethyl adjacent to an activating group) is 1. The normalized spacial score (nSPS) is 15.6. The van der Waals surface area contributed by atoms with E-state index < -0.39 is 0 Å². The third-order valence-electron chi connectivity index (χ3n) is 3.89. The molecule has 6 heteroatoms. The summed E-state index contributed by atoms with van der Waals surface area (Å²) in [4.78, 5) is 7.88. The van der Waals surface area contributed by atoms with E-state index in [2.05, 4.69) is 72.9 Å². The third-order valence-corrected chi connectivity index (χ3v) is 4.86. The zero-order valence-electron chi connectivity index (χ0n) is 15.5. The van der Waals surface area contributed by atoms with Crippen molar-refractivity contribution >= 4 is 17.3 Å². The fraction of sp³-hybridized carbons (Fsp3) is 0.706. The SMILES string of the molecule is CN=C(NCC(c1cccs1)N(C)C)NCC(OC)C(C)(C)C. The fourth-order valence-electron chi connectivity index (χ4n) is 2.36. The first-order valence-corrected chi connectivity index (χ1v) is 8.84. The van der Waals surface area contributed by atoms with Crippen LogP contribution in [0.15, 0.2) is 22.5 Å². The molecule has 2 unspecified atom stereocenters. The molecule has 0 aliphatic rings. The lowest BCUT2D eigenvalue weighted by atomic mass is 9.89. The van der Waals surface area contributed by atoms with E-state index >= 15 is 0 Å². The molecule has 0 saturated carbocycles. The fourth-order valence-corrected chi connectivity index (χ4v) is 3.29. The minimum absolute atomic E-state index is 0.0870. The highest BCUT2D eigenvalue weighted by molar-refractivity contribution is 7.10. The minimum Gasteiger partial charge on any atom is -0.379 e. The van der Waals surface area contributed by atoms with E-state index in [9.17, 15) is 0 Å². The van der Waals surface area contributed by atoms with E-state index in [1.807, 2.05) is 0 Å². The number of ether oxygens (including phenoxy) is 1. The van der Waals surface area contributed by atoms with Gasteiger partial charge in [-0.15, -0.1) is 11.3 Å². The number of rotatable bonds is 7. The minimum atomic E-state index is 0.0870. The predicted octanol–water partition coefficient (Wildman–Crippen LogP) is 2.58. The zero-order valence-corrected chi connectivity index (χ0v) is 16.3. The Morgan fingerprint density at radius 1 is 1.30 bits per heavy atom. The summed E-state index contributed by atoms with van der Waals surface area (Å²) in [6.07, 6.45) is 0.128. The first-order valence-electron chi connectivity index (χ1n) is 7.96. The molecule has 0 saturated heterocycles. The monoisotopic (exact) mass is 340 g/mol. The van der Waals surface area contributed by atoms with Gasteiger partial charge in [0, 0.05) is 32.1 Å². The van der Waals surface area contributed by atoms with E-state index in [1.165, 1.54) is 4.88 Å². The molecule has 1 rings (SSSR count). The molecule has 0 aliphatic carbocycles. The second-order valence-electron chi connectivity index (χ2n) is 6.92. The molecule has 23 heavy (non-hydrogen) atoms. The number of thiophene rings is 1. The lowest BCUT2D eigenvalue weighted by Crippen LogP contribution is -2.46. The summed E-state index contributed by atoms with van der Waals surface area (Å²) in [7, 11) is 7.75. The lowest BCUT2D eigenvalue weighted by molar-refractivity contribution is 0.0205. The summed E-state index contributed by atoms with van der Waals surface area (Å²) in [6, 6.07) is 4.60. The smallest absolute Gasteiger partial charge is 0.191 e. The van der Waals surface area contributed by atoms with E-state index in [-0.39, 0.29) is 11.5 Å². The summed E-state index contributed by atoms with van der Waals surface area (Å²) in [6.45, 7) is 8.07. The molecule has 0 aliphatic heterocycles. The first-order chi connectivity index (χ1) is 10.8. The Labute approximate surface area is 145 Å². The van der Waals surface area contributed by atoms with Gasteiger partial charge in [-0.25, -0.2) is 0 Å². The van der Waals surface area contributed by atoms with Gasteiger partial charge in [-0.3, -0.25) is 4.99 Å². The number of guanidine groups is 1. The molecule has 0 amide bonds. The summed E-state index contributed by atoms with van der Waals surface area (Å²) in [5, 5.41) is 8.90. The third kappa shape index (κ3) is 6.49. The first kappa shape index (κ1) is 19.9. The van der Waals surface area contributed by atoms with Crippen molar-refractivity contribution in [3.8, 4) is 0 Å². The zero-order chi connectivity index (χ0) is 17.5. The average Bonchev–Trinajstić information content (AvgIpc) is 2.98. The highest BCUT2D eigenvalue weighted by atomic mass is 32.1. The van der Waals surface area contributed by atoms with Crippen molar-refractivity contribution in [1.82, 2.24) is 15.5 Å². The lowest BCUT2D eigenvalue weighted by Gasteiger charge is -2.30. The van der Waals surface area contributed by atoms with Crippen LogP contribution in [-0.2, 0) is 4.74 Å². The number of aliphatic imine (C=N–C) groups is 1. The largest absolute Gasteiger partial charge is 0.379 e. The maximum absolute atomic E-state index is 5.58. The molecule has 0 spiro atoms. The Bertz CT molecular complexity index is 465. The molecule has 2 N–H and O–H groups in total. The van der Waals surface area contributed by atoms with Gasteiger partial charge in [0.15, 0.2) is 5.96 Å². The standard InChI is InChI=1S/C17H32N4OS/c1-17(2,3)15(22-7)12-20-16(18-4)19-11-13(21(5)6)14-9-8-10-23-14/h8-10,13,15H,11-12H2,1-7H3,(H2,18,19,20). The Kier molecular flexibility index (Phi) is 8.02. The molecule has 1 heterocycles. The van der Waals surface area contributed by atoms with Gasteiger partial charge < -0.3 is 20.3 Å². The van der Waals surface area contributed by atoms with E-state index in [4.69, 9.17) is 4.74 Å². The predicted molar refractivity (Wildman–Crippen MR) is 100 cm³/mol. The van der Waals surface area contributed by atoms with E-state index in [0.717, 1.165) is 19.0 Å². The highest BCUT2D eigenvalue weighted by Crippen LogP contribution is 2.22. The van der Waals surface area contributed by atoms with Gasteiger partial charge >= 0.3 is 0 Å². The van der Waals surface area contributed by atoms with Gasteiger partial charge in [-0.2, -0.15) is 0 Å². The van der Waals surface area contributed by atoms with E-state index in [0.29, 0.717) is 6.04 Å². The molecule has 2 atom stereocenters. The molecule has 132 valence electrons. The van der Waals surface area contributed by atoms with Crippen LogP contribution in [-0.4, -0.2) is 58.3 Å². The van der Waals surface area contributed by atoms with E-state index in [1.54, 1.807) is 25.5 Å². The van der Waals surface area contributed by atoms with Crippen LogP contribution in [0.4, 0.5) is 0 Å². The number of hydrogen-bond donors (Lipinski definition) is 2. The maximum atomic E-state index is 5.58. The summed E-state index contributed by atoms with van der Waals surface area (Å²) < 4.78 is 5.58. The molecule has 0 fully saturated rings. The van der Waals surface area contributed by atoms with Gasteiger partial charge in [-0.05, 0) is 31.0 Å². The number of methoxy groups -OCH3 is 1. The Morgan fingerprint density at radius 2 is 1.96 bits per heavy atom. The summed E-state index contributed by atoms with van der Waals surface area (Å²) >= 11 is 1.78. The molecule has 0 radical (unpaired) electrons. The average molecular weight is 341 g/mol. The van der Waals surface area contributed by atoms with Crippen LogP contribution in [0.3, 0.4) is 0 Å². The van der Waals surface area contributed by atoms with Crippen molar-refractivity contribution in [3.05, 3.63) is 22.4 Å². The maximum Gasteiger partial charge on any atom is 0.191 e. The van der Waals surface area contributed by atoms with Gasteiger partial charge in [0.05, 0.1) is 12.1 Å².